The third-order valence-corrected chi connectivity index (χ3v) is 3.62. The zero-order valence-electron chi connectivity index (χ0n) is 10.4. The van der Waals surface area contributed by atoms with Gasteiger partial charge >= 0.3 is 5.97 Å². The Morgan fingerprint density at radius 1 is 1.39 bits per heavy atom. The maximum absolute atomic E-state index is 13.8. The standard InChI is InChI=1S/C12H16FNO4/c1-3-18-12(17)9(13)14-10(15)7-4-6(2)5-8(7)11(14)16/h6-9H,3-5H2,1-2H3. The summed E-state index contributed by atoms with van der Waals surface area (Å²) in [7, 11) is 0. The van der Waals surface area contributed by atoms with E-state index in [9.17, 15) is 18.8 Å². The number of fused-ring (bicyclic) bond motifs is 1. The second-order valence-electron chi connectivity index (χ2n) is 4.92. The molecule has 18 heavy (non-hydrogen) atoms. The van der Waals surface area contributed by atoms with Crippen molar-refractivity contribution < 1.29 is 23.5 Å². The van der Waals surface area contributed by atoms with Crippen LogP contribution < -0.4 is 0 Å². The maximum atomic E-state index is 13.8. The molecule has 0 aromatic rings. The molecule has 0 bridgehead atoms. The summed E-state index contributed by atoms with van der Waals surface area (Å²) in [6.45, 7) is 3.51. The zero-order valence-corrected chi connectivity index (χ0v) is 10.4. The summed E-state index contributed by atoms with van der Waals surface area (Å²) in [6, 6.07) is 0. The normalized spacial score (nSPS) is 32.6. The minimum atomic E-state index is -2.30. The largest absolute Gasteiger partial charge is 0.462 e. The van der Waals surface area contributed by atoms with Crippen LogP contribution in [0.4, 0.5) is 4.39 Å². The Kier molecular flexibility index (Phi) is 3.36. The molecule has 1 saturated carbocycles. The van der Waals surface area contributed by atoms with E-state index in [4.69, 9.17) is 0 Å². The lowest BCUT2D eigenvalue weighted by Crippen LogP contribution is -2.44. The highest BCUT2D eigenvalue weighted by Gasteiger charge is 2.55. The predicted octanol–water partition coefficient (Wildman–Crippen LogP) is 0.876. The molecule has 3 unspecified atom stereocenters. The minimum absolute atomic E-state index is 0.0133. The molecule has 2 aliphatic rings. The summed E-state index contributed by atoms with van der Waals surface area (Å²) in [5.41, 5.74) is 0. The number of halogens is 1. The zero-order chi connectivity index (χ0) is 13.4. The Balaban J connectivity index is 2.14. The average molecular weight is 257 g/mol. The summed E-state index contributed by atoms with van der Waals surface area (Å²) in [4.78, 5) is 35.6. The number of carbonyl (C=O) groups excluding carboxylic acids is 3. The van der Waals surface area contributed by atoms with Crippen LogP contribution in [0.2, 0.25) is 0 Å². The highest BCUT2D eigenvalue weighted by Crippen LogP contribution is 2.43. The topological polar surface area (TPSA) is 63.7 Å². The summed E-state index contributed by atoms with van der Waals surface area (Å²) in [6.07, 6.45) is -1.13. The van der Waals surface area contributed by atoms with Crippen molar-refractivity contribution in [2.24, 2.45) is 17.8 Å². The van der Waals surface area contributed by atoms with Gasteiger partial charge in [-0.3, -0.25) is 9.59 Å². The van der Waals surface area contributed by atoms with E-state index in [0.29, 0.717) is 17.7 Å². The van der Waals surface area contributed by atoms with Crippen LogP contribution in [0.15, 0.2) is 0 Å². The maximum Gasteiger partial charge on any atom is 0.362 e. The molecule has 0 N–H and O–H groups in total. The van der Waals surface area contributed by atoms with Crippen LogP contribution in [0.1, 0.15) is 26.7 Å². The van der Waals surface area contributed by atoms with E-state index in [1.807, 2.05) is 6.92 Å². The van der Waals surface area contributed by atoms with Gasteiger partial charge in [0, 0.05) is 0 Å². The Morgan fingerprint density at radius 2 is 1.89 bits per heavy atom. The molecule has 0 aromatic heterocycles. The van der Waals surface area contributed by atoms with Gasteiger partial charge in [0.25, 0.3) is 6.30 Å². The fraction of sp³-hybridized carbons (Fsp3) is 0.750. The molecule has 1 aliphatic heterocycles. The van der Waals surface area contributed by atoms with Crippen LogP contribution in [0.5, 0.6) is 0 Å². The van der Waals surface area contributed by atoms with Crippen LogP contribution >= 0.6 is 0 Å². The lowest BCUT2D eigenvalue weighted by Gasteiger charge is -2.19. The number of ether oxygens (including phenoxy) is 1. The number of hydrogen-bond acceptors (Lipinski definition) is 4. The quantitative estimate of drug-likeness (QED) is 0.427. The molecule has 2 amide bonds. The molecule has 0 spiro atoms. The molecular weight excluding hydrogens is 241 g/mol. The molecule has 2 fully saturated rings. The molecule has 3 atom stereocenters. The summed E-state index contributed by atoms with van der Waals surface area (Å²) in [5.74, 6) is -2.95. The Bertz CT molecular complexity index is 374. The second-order valence-corrected chi connectivity index (χ2v) is 4.92. The number of rotatable bonds is 3. The van der Waals surface area contributed by atoms with E-state index in [1.54, 1.807) is 0 Å². The van der Waals surface area contributed by atoms with Crippen molar-refractivity contribution >= 4 is 17.8 Å². The Hall–Kier alpha value is -1.46. The van der Waals surface area contributed by atoms with Crippen LogP contribution in [0.3, 0.4) is 0 Å². The summed E-state index contributed by atoms with van der Waals surface area (Å²) in [5, 5.41) is 0. The fourth-order valence-corrected chi connectivity index (χ4v) is 2.84. The van der Waals surface area contributed by atoms with Crippen molar-refractivity contribution in [3.8, 4) is 0 Å². The van der Waals surface area contributed by atoms with Gasteiger partial charge in [0.2, 0.25) is 11.8 Å². The van der Waals surface area contributed by atoms with E-state index in [1.165, 1.54) is 6.92 Å². The van der Waals surface area contributed by atoms with E-state index in [2.05, 4.69) is 4.74 Å². The number of hydrogen-bond donors (Lipinski definition) is 0. The first-order chi connectivity index (χ1) is 8.47. The van der Waals surface area contributed by atoms with Gasteiger partial charge in [-0.15, -0.1) is 0 Å². The third kappa shape index (κ3) is 1.89. The van der Waals surface area contributed by atoms with E-state index < -0.39 is 35.9 Å². The first kappa shape index (κ1) is 13.0. The van der Waals surface area contributed by atoms with Crippen molar-refractivity contribution in [2.75, 3.05) is 6.61 Å². The molecule has 100 valence electrons. The molecule has 0 radical (unpaired) electrons. The van der Waals surface area contributed by atoms with Crippen molar-refractivity contribution in [1.82, 2.24) is 4.90 Å². The first-order valence-electron chi connectivity index (χ1n) is 6.15. The lowest BCUT2D eigenvalue weighted by atomic mass is 10.00. The van der Waals surface area contributed by atoms with E-state index >= 15 is 0 Å². The average Bonchev–Trinajstić information content (AvgIpc) is 2.79. The number of imide groups is 1. The van der Waals surface area contributed by atoms with Gasteiger partial charge < -0.3 is 4.74 Å². The number of amides is 2. The third-order valence-electron chi connectivity index (χ3n) is 3.62. The summed E-state index contributed by atoms with van der Waals surface area (Å²) < 4.78 is 18.3. The van der Waals surface area contributed by atoms with Crippen molar-refractivity contribution in [3.63, 3.8) is 0 Å². The highest BCUT2D eigenvalue weighted by atomic mass is 19.1. The fourth-order valence-electron chi connectivity index (χ4n) is 2.84. The first-order valence-corrected chi connectivity index (χ1v) is 6.15. The van der Waals surface area contributed by atoms with Gasteiger partial charge in [-0.25, -0.2) is 14.1 Å². The van der Waals surface area contributed by atoms with Gasteiger partial charge in [-0.2, -0.15) is 0 Å². The van der Waals surface area contributed by atoms with Crippen LogP contribution in [-0.4, -0.2) is 35.6 Å². The van der Waals surface area contributed by atoms with Crippen LogP contribution in [0, 0.1) is 17.8 Å². The summed E-state index contributed by atoms with van der Waals surface area (Å²) >= 11 is 0. The molecule has 2 rings (SSSR count). The smallest absolute Gasteiger partial charge is 0.362 e. The molecule has 1 saturated heterocycles. The van der Waals surface area contributed by atoms with Gasteiger partial charge in [0.1, 0.15) is 0 Å². The number of carbonyl (C=O) groups is 3. The molecule has 5 nitrogen and oxygen atoms in total. The monoisotopic (exact) mass is 257 g/mol. The van der Waals surface area contributed by atoms with Gasteiger partial charge in [-0.1, -0.05) is 6.92 Å². The number of alkyl halides is 1. The van der Waals surface area contributed by atoms with E-state index in [0.717, 1.165) is 0 Å². The molecule has 1 aliphatic carbocycles. The SMILES string of the molecule is CCOC(=O)C(F)N1C(=O)C2CC(C)CC2C1=O. The second kappa shape index (κ2) is 4.66. The number of nitrogens with zero attached hydrogens (tertiary/aromatic N) is 1. The number of likely N-dealkylation sites (tertiary alicyclic amines) is 1. The van der Waals surface area contributed by atoms with Crippen molar-refractivity contribution in [1.29, 1.82) is 0 Å². The predicted molar refractivity (Wildman–Crippen MR) is 58.8 cm³/mol. The lowest BCUT2D eigenvalue weighted by molar-refractivity contribution is -0.166. The molecule has 1 heterocycles. The molecule has 6 heteroatoms. The minimum Gasteiger partial charge on any atom is -0.462 e. The van der Waals surface area contributed by atoms with Crippen LogP contribution in [0.25, 0.3) is 0 Å². The van der Waals surface area contributed by atoms with Gasteiger partial charge in [-0.05, 0) is 25.7 Å². The van der Waals surface area contributed by atoms with Crippen molar-refractivity contribution in [3.05, 3.63) is 0 Å². The Morgan fingerprint density at radius 3 is 2.33 bits per heavy atom. The van der Waals surface area contributed by atoms with Crippen molar-refractivity contribution in [2.45, 2.75) is 33.0 Å². The van der Waals surface area contributed by atoms with Gasteiger partial charge in [0.15, 0.2) is 0 Å². The highest BCUT2D eigenvalue weighted by molar-refractivity contribution is 6.07. The van der Waals surface area contributed by atoms with E-state index in [-0.39, 0.29) is 12.5 Å². The van der Waals surface area contributed by atoms with Gasteiger partial charge in [0.05, 0.1) is 18.4 Å². The number of esters is 1. The molecule has 0 aromatic carbocycles. The van der Waals surface area contributed by atoms with Crippen LogP contribution in [-0.2, 0) is 19.1 Å². The molecular formula is C12H16FNO4. The Labute approximate surface area is 104 Å².